The lowest BCUT2D eigenvalue weighted by molar-refractivity contribution is 0.0177. The minimum Gasteiger partial charge on any atom is -0.444 e. The number of ether oxygens (including phenoxy) is 1. The normalized spacial score (nSPS) is 16.6. The molecule has 0 radical (unpaired) electrons. The van der Waals surface area contributed by atoms with Gasteiger partial charge in [0, 0.05) is 19.6 Å². The molecule has 1 fully saturated rings. The van der Waals surface area contributed by atoms with Gasteiger partial charge < -0.3 is 9.64 Å². The lowest BCUT2D eigenvalue weighted by Crippen LogP contribution is -2.42. The molecule has 1 aliphatic rings. The Kier molecular flexibility index (Phi) is 4.46. The van der Waals surface area contributed by atoms with Gasteiger partial charge in [-0.3, -0.25) is 4.68 Å². The molecule has 0 saturated carbocycles. The molecule has 0 N–H and O–H groups in total. The van der Waals surface area contributed by atoms with E-state index < -0.39 is 5.60 Å². The quantitative estimate of drug-likeness (QED) is 0.829. The Morgan fingerprint density at radius 2 is 2.14 bits per heavy atom. The fourth-order valence-electron chi connectivity index (χ4n) is 2.32. The molecule has 0 aliphatic carbocycles. The Bertz CT molecular complexity index is 532. The number of hydrogen-bond acceptors (Lipinski definition) is 5. The average molecular weight is 291 g/mol. The summed E-state index contributed by atoms with van der Waals surface area (Å²) in [6, 6.07) is 1.92. The van der Waals surface area contributed by atoms with Crippen LogP contribution in [0.3, 0.4) is 0 Å². The van der Waals surface area contributed by atoms with Crippen LogP contribution in [-0.2, 0) is 11.3 Å². The van der Waals surface area contributed by atoms with Crippen LogP contribution in [-0.4, -0.2) is 44.4 Å². The van der Waals surface area contributed by atoms with E-state index in [-0.39, 0.29) is 11.9 Å². The fourth-order valence-corrected chi connectivity index (χ4v) is 2.32. The summed E-state index contributed by atoms with van der Waals surface area (Å²) >= 11 is 0. The van der Waals surface area contributed by atoms with E-state index in [0.29, 0.717) is 19.0 Å². The van der Waals surface area contributed by atoms with Gasteiger partial charge in [-0.05, 0) is 39.5 Å². The van der Waals surface area contributed by atoms with Crippen LogP contribution >= 0.6 is 0 Å². The summed E-state index contributed by atoms with van der Waals surface area (Å²) in [6.45, 7) is 7.73. The first-order valence-corrected chi connectivity index (χ1v) is 7.15. The molecular formula is C14H21N5O2. The van der Waals surface area contributed by atoms with Crippen molar-refractivity contribution in [3.8, 4) is 6.07 Å². The van der Waals surface area contributed by atoms with Gasteiger partial charge in [-0.1, -0.05) is 0 Å². The van der Waals surface area contributed by atoms with Crippen molar-refractivity contribution in [3.05, 3.63) is 12.2 Å². The molecule has 0 spiro atoms. The number of nitriles is 1. The fraction of sp³-hybridized carbons (Fsp3) is 0.714. The highest BCUT2D eigenvalue weighted by atomic mass is 16.6. The van der Waals surface area contributed by atoms with Crippen LogP contribution in [0.1, 0.15) is 39.4 Å². The summed E-state index contributed by atoms with van der Waals surface area (Å²) in [5.74, 6) is 0.637. The van der Waals surface area contributed by atoms with Crippen LogP contribution in [0.15, 0.2) is 6.33 Å². The second kappa shape index (κ2) is 6.12. The Morgan fingerprint density at radius 1 is 1.48 bits per heavy atom. The van der Waals surface area contributed by atoms with Crippen LogP contribution in [0.4, 0.5) is 4.79 Å². The molecule has 0 atom stereocenters. The standard InChI is InChI=1S/C14H21N5O2/c1-14(2,3)21-13(20)18-6-4-11(5-7-18)9-19-10-16-12(8-15)17-19/h10-11H,4-7,9H2,1-3H3. The third kappa shape index (κ3) is 4.45. The van der Waals surface area contributed by atoms with Crippen molar-refractivity contribution >= 4 is 6.09 Å². The number of carbonyl (C=O) groups is 1. The molecule has 1 aliphatic heterocycles. The summed E-state index contributed by atoms with van der Waals surface area (Å²) < 4.78 is 7.07. The van der Waals surface area contributed by atoms with Crippen LogP contribution in [0.25, 0.3) is 0 Å². The van der Waals surface area contributed by atoms with Gasteiger partial charge in [-0.25, -0.2) is 9.78 Å². The molecule has 7 nitrogen and oxygen atoms in total. The molecule has 1 aromatic heterocycles. The van der Waals surface area contributed by atoms with E-state index in [2.05, 4.69) is 10.1 Å². The first kappa shape index (κ1) is 15.3. The van der Waals surface area contributed by atoms with Crippen molar-refractivity contribution in [1.82, 2.24) is 19.7 Å². The van der Waals surface area contributed by atoms with Crippen LogP contribution < -0.4 is 0 Å². The summed E-state index contributed by atoms with van der Waals surface area (Å²) in [7, 11) is 0. The van der Waals surface area contributed by atoms with E-state index in [1.807, 2.05) is 26.8 Å². The number of rotatable bonds is 2. The molecule has 0 aromatic carbocycles. The molecule has 2 rings (SSSR count). The van der Waals surface area contributed by atoms with Crippen LogP contribution in [0.2, 0.25) is 0 Å². The van der Waals surface area contributed by atoms with Gasteiger partial charge in [0.05, 0.1) is 0 Å². The van der Waals surface area contributed by atoms with Crippen molar-refractivity contribution in [2.45, 2.75) is 45.8 Å². The molecule has 1 saturated heterocycles. The molecule has 7 heteroatoms. The zero-order chi connectivity index (χ0) is 15.5. The van der Waals surface area contributed by atoms with E-state index in [1.54, 1.807) is 15.9 Å². The number of likely N-dealkylation sites (tertiary alicyclic amines) is 1. The molecule has 2 heterocycles. The smallest absolute Gasteiger partial charge is 0.410 e. The molecule has 1 aromatic rings. The topological polar surface area (TPSA) is 84.0 Å². The number of amides is 1. The minimum atomic E-state index is -0.456. The zero-order valence-electron chi connectivity index (χ0n) is 12.7. The number of aromatic nitrogens is 3. The Morgan fingerprint density at radius 3 is 2.67 bits per heavy atom. The van der Waals surface area contributed by atoms with Gasteiger partial charge in [0.1, 0.15) is 18.0 Å². The monoisotopic (exact) mass is 291 g/mol. The van der Waals surface area contributed by atoms with Gasteiger partial charge in [0.25, 0.3) is 5.82 Å². The number of carbonyl (C=O) groups excluding carboxylic acids is 1. The Hall–Kier alpha value is -2.10. The third-order valence-electron chi connectivity index (χ3n) is 3.35. The van der Waals surface area contributed by atoms with Crippen LogP contribution in [0.5, 0.6) is 0 Å². The first-order chi connectivity index (χ1) is 9.87. The number of nitrogens with zero attached hydrogens (tertiary/aromatic N) is 5. The summed E-state index contributed by atoms with van der Waals surface area (Å²) in [5, 5.41) is 12.8. The van der Waals surface area contributed by atoms with E-state index in [9.17, 15) is 4.79 Å². The number of hydrogen-bond donors (Lipinski definition) is 0. The van der Waals surface area contributed by atoms with E-state index >= 15 is 0 Å². The number of piperidine rings is 1. The maximum atomic E-state index is 12.0. The van der Waals surface area contributed by atoms with Crippen molar-refractivity contribution in [1.29, 1.82) is 5.26 Å². The second-order valence-corrected chi connectivity index (χ2v) is 6.31. The maximum absolute atomic E-state index is 12.0. The zero-order valence-corrected chi connectivity index (χ0v) is 12.7. The molecule has 0 bridgehead atoms. The first-order valence-electron chi connectivity index (χ1n) is 7.15. The lowest BCUT2D eigenvalue weighted by atomic mass is 9.97. The molecule has 0 unspecified atom stereocenters. The van der Waals surface area contributed by atoms with E-state index in [4.69, 9.17) is 10.00 Å². The minimum absolute atomic E-state index is 0.196. The molecule has 114 valence electrons. The average Bonchev–Trinajstić information content (AvgIpc) is 2.85. The summed E-state index contributed by atoms with van der Waals surface area (Å²) in [6.07, 6.45) is 3.15. The van der Waals surface area contributed by atoms with Crippen molar-refractivity contribution in [2.24, 2.45) is 5.92 Å². The Balaban J connectivity index is 1.80. The second-order valence-electron chi connectivity index (χ2n) is 6.31. The predicted molar refractivity (Wildman–Crippen MR) is 75.3 cm³/mol. The van der Waals surface area contributed by atoms with Crippen molar-refractivity contribution < 1.29 is 9.53 Å². The molecular weight excluding hydrogens is 270 g/mol. The largest absolute Gasteiger partial charge is 0.444 e. The van der Waals surface area contributed by atoms with Crippen molar-refractivity contribution in [3.63, 3.8) is 0 Å². The molecule has 1 amide bonds. The van der Waals surface area contributed by atoms with Gasteiger partial charge >= 0.3 is 6.09 Å². The van der Waals surface area contributed by atoms with Gasteiger partial charge in [-0.15, -0.1) is 5.10 Å². The lowest BCUT2D eigenvalue weighted by Gasteiger charge is -2.33. The van der Waals surface area contributed by atoms with E-state index in [0.717, 1.165) is 19.4 Å². The third-order valence-corrected chi connectivity index (χ3v) is 3.35. The van der Waals surface area contributed by atoms with E-state index in [1.165, 1.54) is 0 Å². The maximum Gasteiger partial charge on any atom is 0.410 e. The SMILES string of the molecule is CC(C)(C)OC(=O)N1CCC(Cn2cnc(C#N)n2)CC1. The molecule has 21 heavy (non-hydrogen) atoms. The van der Waals surface area contributed by atoms with Crippen molar-refractivity contribution in [2.75, 3.05) is 13.1 Å². The van der Waals surface area contributed by atoms with Gasteiger partial charge in [0.15, 0.2) is 0 Å². The predicted octanol–water partition coefficient (Wildman–Crippen LogP) is 1.80. The Labute approximate surface area is 124 Å². The van der Waals surface area contributed by atoms with Crippen LogP contribution in [0, 0.1) is 17.2 Å². The summed E-state index contributed by atoms with van der Waals surface area (Å²) in [4.78, 5) is 17.6. The highest BCUT2D eigenvalue weighted by molar-refractivity contribution is 5.68. The summed E-state index contributed by atoms with van der Waals surface area (Å²) in [5.41, 5.74) is -0.456. The van der Waals surface area contributed by atoms with Gasteiger partial charge in [0.2, 0.25) is 0 Å². The van der Waals surface area contributed by atoms with Gasteiger partial charge in [-0.2, -0.15) is 5.26 Å². The highest BCUT2D eigenvalue weighted by Gasteiger charge is 2.27. The highest BCUT2D eigenvalue weighted by Crippen LogP contribution is 2.20.